The molecular weight excluding hydrogens is 362 g/mol. The van der Waals surface area contributed by atoms with Gasteiger partial charge in [-0.2, -0.15) is 0 Å². The molecule has 0 aliphatic carbocycles. The maximum atomic E-state index is 12.4. The third-order valence-electron chi connectivity index (χ3n) is 3.98. The summed E-state index contributed by atoms with van der Waals surface area (Å²) in [6.45, 7) is 0.535. The van der Waals surface area contributed by atoms with Crippen LogP contribution in [0.3, 0.4) is 0 Å². The monoisotopic (exact) mass is 379 g/mol. The van der Waals surface area contributed by atoms with Gasteiger partial charge in [0.25, 0.3) is 5.91 Å². The fourth-order valence-electron chi connectivity index (χ4n) is 2.88. The zero-order valence-corrected chi connectivity index (χ0v) is 14.7. The number of hydrogen-bond donors (Lipinski definition) is 1. The van der Waals surface area contributed by atoms with Crippen molar-refractivity contribution in [1.82, 2.24) is 20.0 Å². The summed E-state index contributed by atoms with van der Waals surface area (Å²) in [4.78, 5) is 34.0. The Hall–Kier alpha value is -2.09. The summed E-state index contributed by atoms with van der Waals surface area (Å²) >= 11 is 3.46. The molecule has 8 heteroatoms. The minimum atomic E-state index is -0.519. The first-order valence-electron chi connectivity index (χ1n) is 7.22. The molecule has 3 rings (SSSR count). The van der Waals surface area contributed by atoms with Crippen LogP contribution in [0.1, 0.15) is 5.56 Å². The number of amides is 3. The Labute approximate surface area is 143 Å². The van der Waals surface area contributed by atoms with Crippen molar-refractivity contribution in [2.45, 2.75) is 18.8 Å². The Balaban J connectivity index is 1.95. The normalized spacial score (nSPS) is 23.6. The van der Waals surface area contributed by atoms with Gasteiger partial charge in [0.05, 0.1) is 0 Å². The van der Waals surface area contributed by atoms with E-state index in [2.05, 4.69) is 26.2 Å². The van der Waals surface area contributed by atoms with Crippen LogP contribution >= 0.6 is 15.9 Å². The third kappa shape index (κ3) is 2.78. The second kappa shape index (κ2) is 5.84. The molecule has 2 aliphatic rings. The SMILES string of the molecule is CN(C)C1=NC2C(C(=O)NC(=O)N2C)N1Cc1cccc(Br)c1. The van der Waals surface area contributed by atoms with E-state index in [4.69, 9.17) is 0 Å². The maximum absolute atomic E-state index is 12.4. The number of nitrogens with one attached hydrogen (secondary N) is 1. The fourth-order valence-corrected chi connectivity index (χ4v) is 3.33. The number of aliphatic imine (C=N–C) groups is 1. The smallest absolute Gasteiger partial charge is 0.325 e. The van der Waals surface area contributed by atoms with Gasteiger partial charge >= 0.3 is 6.03 Å². The lowest BCUT2D eigenvalue weighted by atomic mass is 10.1. The summed E-state index contributed by atoms with van der Waals surface area (Å²) in [6.07, 6.45) is -0.499. The van der Waals surface area contributed by atoms with Gasteiger partial charge in [-0.05, 0) is 17.7 Å². The first-order valence-corrected chi connectivity index (χ1v) is 8.01. The first kappa shape index (κ1) is 15.8. The number of halogens is 1. The molecule has 1 aromatic rings. The van der Waals surface area contributed by atoms with E-state index in [9.17, 15) is 9.59 Å². The van der Waals surface area contributed by atoms with E-state index in [1.54, 1.807) is 7.05 Å². The van der Waals surface area contributed by atoms with Crippen molar-refractivity contribution in [3.63, 3.8) is 0 Å². The Kier molecular flexibility index (Phi) is 4.01. The number of carbonyl (C=O) groups is 2. The zero-order valence-electron chi connectivity index (χ0n) is 13.2. The lowest BCUT2D eigenvalue weighted by molar-refractivity contribution is -0.127. The summed E-state index contributed by atoms with van der Waals surface area (Å²) < 4.78 is 0.981. The molecule has 1 aromatic carbocycles. The van der Waals surface area contributed by atoms with Crippen LogP contribution in [0.2, 0.25) is 0 Å². The molecule has 1 saturated heterocycles. The molecule has 0 spiro atoms. The molecule has 2 unspecified atom stereocenters. The highest BCUT2D eigenvalue weighted by atomic mass is 79.9. The third-order valence-corrected chi connectivity index (χ3v) is 4.47. The van der Waals surface area contributed by atoms with Gasteiger partial charge in [0.15, 0.2) is 18.2 Å². The van der Waals surface area contributed by atoms with E-state index in [0.717, 1.165) is 10.0 Å². The molecule has 0 saturated carbocycles. The second-order valence-corrected chi connectivity index (χ2v) is 6.76. The number of guanidine groups is 1. The van der Waals surface area contributed by atoms with Gasteiger partial charge < -0.3 is 14.7 Å². The van der Waals surface area contributed by atoms with Crippen molar-refractivity contribution in [1.29, 1.82) is 0 Å². The molecule has 0 aromatic heterocycles. The van der Waals surface area contributed by atoms with Crippen molar-refractivity contribution in [3.8, 4) is 0 Å². The van der Waals surface area contributed by atoms with Crippen molar-refractivity contribution >= 4 is 33.8 Å². The molecule has 2 aliphatic heterocycles. The van der Waals surface area contributed by atoms with Crippen molar-refractivity contribution in [3.05, 3.63) is 34.3 Å². The van der Waals surface area contributed by atoms with Crippen molar-refractivity contribution in [2.24, 2.45) is 4.99 Å². The quantitative estimate of drug-likeness (QED) is 0.833. The number of carbonyl (C=O) groups excluding carboxylic acids is 2. The average Bonchev–Trinajstić information content (AvgIpc) is 2.85. The number of nitrogens with zero attached hydrogens (tertiary/aromatic N) is 4. The van der Waals surface area contributed by atoms with E-state index in [1.165, 1.54) is 4.90 Å². The largest absolute Gasteiger partial charge is 0.349 e. The van der Waals surface area contributed by atoms with Gasteiger partial charge in [-0.25, -0.2) is 9.79 Å². The lowest BCUT2D eigenvalue weighted by Crippen LogP contribution is -2.63. The highest BCUT2D eigenvalue weighted by molar-refractivity contribution is 9.10. The molecule has 3 amide bonds. The van der Waals surface area contributed by atoms with Gasteiger partial charge in [0, 0.05) is 32.2 Å². The van der Waals surface area contributed by atoms with Crippen LogP contribution in [0, 0.1) is 0 Å². The summed E-state index contributed by atoms with van der Waals surface area (Å²) in [6, 6.07) is 6.99. The van der Waals surface area contributed by atoms with Crippen LogP contribution in [-0.4, -0.2) is 65.9 Å². The molecule has 2 heterocycles. The summed E-state index contributed by atoms with van der Waals surface area (Å²) in [7, 11) is 5.41. The number of likely N-dealkylation sites (N-methyl/N-ethyl adjacent to an activating group) is 1. The van der Waals surface area contributed by atoms with Gasteiger partial charge in [0.1, 0.15) is 0 Å². The highest BCUT2D eigenvalue weighted by Gasteiger charge is 2.48. The number of urea groups is 1. The van der Waals surface area contributed by atoms with E-state index in [1.807, 2.05) is 48.2 Å². The standard InChI is InChI=1S/C15H18BrN5O2/c1-19(2)14-17-12-11(13(22)18-15(23)20(12)3)21(14)8-9-5-4-6-10(16)7-9/h4-7,11-12H,8H2,1-3H3,(H,18,22,23). The molecular formula is C15H18BrN5O2. The topological polar surface area (TPSA) is 68.2 Å². The van der Waals surface area contributed by atoms with Crippen LogP contribution in [0.5, 0.6) is 0 Å². The Morgan fingerprint density at radius 3 is 2.74 bits per heavy atom. The summed E-state index contributed by atoms with van der Waals surface area (Å²) in [5, 5.41) is 2.39. The van der Waals surface area contributed by atoms with Gasteiger partial charge in [0.2, 0.25) is 0 Å². The molecule has 0 radical (unpaired) electrons. The average molecular weight is 380 g/mol. The minimum absolute atomic E-state index is 0.311. The van der Waals surface area contributed by atoms with E-state index in [0.29, 0.717) is 12.5 Å². The van der Waals surface area contributed by atoms with Gasteiger partial charge in [-0.15, -0.1) is 0 Å². The van der Waals surface area contributed by atoms with E-state index in [-0.39, 0.29) is 5.91 Å². The number of benzene rings is 1. The second-order valence-electron chi connectivity index (χ2n) is 5.85. The first-order chi connectivity index (χ1) is 10.9. The molecule has 122 valence electrons. The minimum Gasteiger partial charge on any atom is -0.349 e. The predicted octanol–water partition coefficient (Wildman–Crippen LogP) is 1.06. The number of imide groups is 1. The van der Waals surface area contributed by atoms with Crippen LogP contribution in [-0.2, 0) is 11.3 Å². The molecule has 0 bridgehead atoms. The Morgan fingerprint density at radius 1 is 1.35 bits per heavy atom. The molecule has 1 N–H and O–H groups in total. The predicted molar refractivity (Wildman–Crippen MR) is 89.7 cm³/mol. The zero-order chi connectivity index (χ0) is 16.7. The molecule has 1 fully saturated rings. The van der Waals surface area contributed by atoms with Crippen molar-refractivity contribution in [2.75, 3.05) is 21.1 Å². The van der Waals surface area contributed by atoms with Crippen LogP contribution < -0.4 is 5.32 Å². The molecule has 2 atom stereocenters. The van der Waals surface area contributed by atoms with Gasteiger partial charge in [-0.3, -0.25) is 10.1 Å². The number of rotatable bonds is 2. The van der Waals surface area contributed by atoms with E-state index >= 15 is 0 Å². The van der Waals surface area contributed by atoms with Gasteiger partial charge in [-0.1, -0.05) is 28.1 Å². The van der Waals surface area contributed by atoms with E-state index < -0.39 is 18.2 Å². The van der Waals surface area contributed by atoms with Crippen LogP contribution in [0.25, 0.3) is 0 Å². The van der Waals surface area contributed by atoms with Crippen molar-refractivity contribution < 1.29 is 9.59 Å². The summed E-state index contributed by atoms with van der Waals surface area (Å²) in [5.74, 6) is 0.380. The Bertz CT molecular complexity index is 690. The fraction of sp³-hybridized carbons (Fsp3) is 0.400. The maximum Gasteiger partial charge on any atom is 0.325 e. The number of fused-ring (bicyclic) bond motifs is 1. The molecule has 23 heavy (non-hydrogen) atoms. The summed E-state index contributed by atoms with van der Waals surface area (Å²) in [5.41, 5.74) is 1.06. The van der Waals surface area contributed by atoms with Crippen LogP contribution in [0.4, 0.5) is 4.79 Å². The highest BCUT2D eigenvalue weighted by Crippen LogP contribution is 2.27. The number of hydrogen-bond acceptors (Lipinski definition) is 5. The molecule has 7 nitrogen and oxygen atoms in total. The lowest BCUT2D eigenvalue weighted by Gasteiger charge is -2.36. The van der Waals surface area contributed by atoms with Crippen LogP contribution in [0.15, 0.2) is 33.7 Å². The Morgan fingerprint density at radius 2 is 2.09 bits per heavy atom.